The molecular formula is C22H32N4O2S. The van der Waals surface area contributed by atoms with E-state index in [1.54, 1.807) is 11.5 Å². The van der Waals surface area contributed by atoms with Crippen molar-refractivity contribution in [3.05, 3.63) is 24.3 Å². The van der Waals surface area contributed by atoms with Gasteiger partial charge in [-0.1, -0.05) is 37.8 Å². The highest BCUT2D eigenvalue weighted by molar-refractivity contribution is 7.13. The molecule has 2 N–H and O–H groups in total. The maximum absolute atomic E-state index is 10.6. The average molecular weight is 417 g/mol. The van der Waals surface area contributed by atoms with Gasteiger partial charge in [-0.2, -0.15) is 4.37 Å². The number of benzene rings is 1. The molecule has 1 aliphatic heterocycles. The van der Waals surface area contributed by atoms with E-state index in [-0.39, 0.29) is 0 Å². The maximum Gasteiger partial charge on any atom is 0.404 e. The van der Waals surface area contributed by atoms with Crippen molar-refractivity contribution in [1.29, 1.82) is 0 Å². The molecule has 1 amide bonds. The topological polar surface area (TPSA) is 68.7 Å². The summed E-state index contributed by atoms with van der Waals surface area (Å²) in [4.78, 5) is 15.6. The van der Waals surface area contributed by atoms with Crippen LogP contribution in [0, 0.1) is 11.8 Å². The van der Waals surface area contributed by atoms with Gasteiger partial charge in [0.2, 0.25) is 0 Å². The van der Waals surface area contributed by atoms with Crippen molar-refractivity contribution in [3.8, 4) is 0 Å². The van der Waals surface area contributed by atoms with E-state index in [4.69, 9.17) is 9.48 Å². The van der Waals surface area contributed by atoms with Crippen molar-refractivity contribution in [2.45, 2.75) is 38.5 Å². The SMILES string of the molecule is O=C(O)NCC[C@H]1CC[C@H](CCN2CCN(c3nsc4ccccc34)CC2)CC1. The Hall–Kier alpha value is -1.86. The molecule has 6 nitrogen and oxygen atoms in total. The zero-order chi connectivity index (χ0) is 20.1. The standard InChI is InChI=1S/C22H32N4O2S/c27-22(28)23-11-9-17-5-7-18(8-6-17)10-12-25-13-15-26(16-14-25)21-19-3-1-2-4-20(19)29-24-21/h1-4,17-18,23H,5-16H2,(H,27,28)/t17-,18-. The molecule has 2 fully saturated rings. The summed E-state index contributed by atoms with van der Waals surface area (Å²) in [7, 11) is 0. The Kier molecular flexibility index (Phi) is 6.87. The summed E-state index contributed by atoms with van der Waals surface area (Å²) in [6.07, 6.45) is 6.53. The molecule has 2 heterocycles. The van der Waals surface area contributed by atoms with E-state index in [0.29, 0.717) is 12.5 Å². The maximum atomic E-state index is 10.6. The molecule has 7 heteroatoms. The first-order valence-electron chi connectivity index (χ1n) is 11.0. The summed E-state index contributed by atoms with van der Waals surface area (Å²) in [5, 5.41) is 12.5. The molecule has 2 aromatic rings. The van der Waals surface area contributed by atoms with Crippen LogP contribution in [0.3, 0.4) is 0 Å². The van der Waals surface area contributed by atoms with E-state index >= 15 is 0 Å². The van der Waals surface area contributed by atoms with Crippen molar-refractivity contribution in [3.63, 3.8) is 0 Å². The Bertz CT molecular complexity index is 795. The fourth-order valence-corrected chi connectivity index (χ4v) is 5.64. The zero-order valence-electron chi connectivity index (χ0n) is 17.1. The summed E-state index contributed by atoms with van der Waals surface area (Å²) in [5.41, 5.74) is 0. The zero-order valence-corrected chi connectivity index (χ0v) is 17.9. The molecule has 158 valence electrons. The second-order valence-electron chi connectivity index (χ2n) is 8.53. The molecule has 1 aromatic heterocycles. The Labute approximate surface area is 177 Å². The highest BCUT2D eigenvalue weighted by Crippen LogP contribution is 2.33. The number of nitrogens with one attached hydrogen (secondary N) is 1. The number of piperazine rings is 1. The lowest BCUT2D eigenvalue weighted by Crippen LogP contribution is -2.47. The van der Waals surface area contributed by atoms with Crippen LogP contribution in [0.25, 0.3) is 10.1 Å². The van der Waals surface area contributed by atoms with Gasteiger partial charge in [0.15, 0.2) is 0 Å². The predicted molar refractivity (Wildman–Crippen MR) is 119 cm³/mol. The van der Waals surface area contributed by atoms with Crippen molar-refractivity contribution in [2.24, 2.45) is 11.8 Å². The number of anilines is 1. The fourth-order valence-electron chi connectivity index (χ4n) is 4.84. The average Bonchev–Trinajstić information content (AvgIpc) is 3.17. The predicted octanol–water partition coefficient (Wildman–Crippen LogP) is 4.27. The van der Waals surface area contributed by atoms with Gasteiger partial charge in [0, 0.05) is 38.1 Å². The van der Waals surface area contributed by atoms with Crippen LogP contribution < -0.4 is 10.2 Å². The van der Waals surface area contributed by atoms with Crippen LogP contribution in [-0.4, -0.2) is 59.7 Å². The number of fused-ring (bicyclic) bond motifs is 1. The molecule has 4 rings (SSSR count). The fraction of sp³-hybridized carbons (Fsp3) is 0.636. The number of carbonyl (C=O) groups is 1. The first-order valence-corrected chi connectivity index (χ1v) is 11.7. The lowest BCUT2D eigenvalue weighted by molar-refractivity contribution is 0.188. The third kappa shape index (κ3) is 5.39. The minimum Gasteiger partial charge on any atom is -0.465 e. The molecule has 0 atom stereocenters. The summed E-state index contributed by atoms with van der Waals surface area (Å²) < 4.78 is 5.99. The second kappa shape index (κ2) is 9.76. The van der Waals surface area contributed by atoms with Gasteiger partial charge in [-0.15, -0.1) is 0 Å². The van der Waals surface area contributed by atoms with Gasteiger partial charge in [-0.3, -0.25) is 4.90 Å². The highest BCUT2D eigenvalue weighted by atomic mass is 32.1. The normalized spacial score (nSPS) is 23.4. The molecule has 1 saturated carbocycles. The van der Waals surface area contributed by atoms with E-state index in [1.165, 1.54) is 54.6 Å². The van der Waals surface area contributed by atoms with Gasteiger partial charge in [0.1, 0.15) is 5.82 Å². The Balaban J connectivity index is 1.15. The van der Waals surface area contributed by atoms with Crippen LogP contribution in [0.4, 0.5) is 10.6 Å². The summed E-state index contributed by atoms with van der Waals surface area (Å²) in [6, 6.07) is 8.54. The van der Waals surface area contributed by atoms with Gasteiger partial charge in [-0.25, -0.2) is 4.79 Å². The molecule has 1 saturated heterocycles. The third-order valence-electron chi connectivity index (χ3n) is 6.68. The van der Waals surface area contributed by atoms with Crippen LogP contribution in [0.15, 0.2) is 24.3 Å². The number of amides is 1. The number of nitrogens with zero attached hydrogens (tertiary/aromatic N) is 3. The van der Waals surface area contributed by atoms with Crippen LogP contribution >= 0.6 is 11.5 Å². The molecule has 0 unspecified atom stereocenters. The van der Waals surface area contributed by atoms with E-state index in [0.717, 1.165) is 38.5 Å². The minimum atomic E-state index is -0.901. The summed E-state index contributed by atoms with van der Waals surface area (Å²) in [6.45, 7) is 6.20. The van der Waals surface area contributed by atoms with Crippen LogP contribution in [-0.2, 0) is 0 Å². The first-order chi connectivity index (χ1) is 14.2. The monoisotopic (exact) mass is 416 g/mol. The van der Waals surface area contributed by atoms with E-state index in [1.807, 2.05) is 0 Å². The molecule has 0 spiro atoms. The van der Waals surface area contributed by atoms with Crippen LogP contribution in [0.5, 0.6) is 0 Å². The van der Waals surface area contributed by atoms with Gasteiger partial charge in [-0.05, 0) is 54.9 Å². The summed E-state index contributed by atoms with van der Waals surface area (Å²) >= 11 is 1.61. The van der Waals surface area contributed by atoms with E-state index < -0.39 is 6.09 Å². The van der Waals surface area contributed by atoms with Crippen LogP contribution in [0.1, 0.15) is 38.5 Å². The lowest BCUT2D eigenvalue weighted by Gasteiger charge is -2.36. The largest absolute Gasteiger partial charge is 0.465 e. The smallest absolute Gasteiger partial charge is 0.404 e. The number of hydrogen-bond acceptors (Lipinski definition) is 5. The number of aromatic nitrogens is 1. The molecule has 2 aliphatic rings. The highest BCUT2D eigenvalue weighted by Gasteiger charge is 2.24. The van der Waals surface area contributed by atoms with E-state index in [2.05, 4.69) is 39.4 Å². The molecule has 0 radical (unpaired) electrons. The van der Waals surface area contributed by atoms with Crippen molar-refractivity contribution >= 4 is 33.5 Å². The Morgan fingerprint density at radius 3 is 2.48 bits per heavy atom. The van der Waals surface area contributed by atoms with Crippen LogP contribution in [0.2, 0.25) is 0 Å². The quantitative estimate of drug-likeness (QED) is 0.705. The molecule has 1 aromatic carbocycles. The molecule has 1 aliphatic carbocycles. The van der Waals surface area contributed by atoms with E-state index in [9.17, 15) is 4.79 Å². The van der Waals surface area contributed by atoms with Crippen molar-refractivity contribution in [2.75, 3.05) is 44.2 Å². The Morgan fingerprint density at radius 2 is 1.76 bits per heavy atom. The number of carboxylic acid groups (broad SMARTS) is 1. The first kappa shape index (κ1) is 20.4. The molecule has 29 heavy (non-hydrogen) atoms. The van der Waals surface area contributed by atoms with Crippen molar-refractivity contribution < 1.29 is 9.90 Å². The summed E-state index contributed by atoms with van der Waals surface area (Å²) in [5.74, 6) is 2.72. The molecule has 0 bridgehead atoms. The van der Waals surface area contributed by atoms with Gasteiger partial charge in [0.05, 0.1) is 4.70 Å². The number of rotatable bonds is 7. The van der Waals surface area contributed by atoms with Gasteiger partial charge in [0.25, 0.3) is 0 Å². The van der Waals surface area contributed by atoms with Gasteiger partial charge < -0.3 is 15.3 Å². The lowest BCUT2D eigenvalue weighted by atomic mass is 9.79. The van der Waals surface area contributed by atoms with Gasteiger partial charge >= 0.3 is 6.09 Å². The second-order valence-corrected chi connectivity index (χ2v) is 9.33. The third-order valence-corrected chi connectivity index (χ3v) is 7.50. The Morgan fingerprint density at radius 1 is 1.07 bits per heavy atom. The minimum absolute atomic E-state index is 0.600. The molecular weight excluding hydrogens is 384 g/mol. The number of hydrogen-bond donors (Lipinski definition) is 2. The van der Waals surface area contributed by atoms with Crippen molar-refractivity contribution in [1.82, 2.24) is 14.6 Å².